The second kappa shape index (κ2) is 4.75. The summed E-state index contributed by atoms with van der Waals surface area (Å²) < 4.78 is 6.50. The molecule has 2 heterocycles. The molecular formula is C18H18ClNO. The van der Waals surface area contributed by atoms with E-state index in [4.69, 9.17) is 16.3 Å². The Balaban J connectivity index is 1.89. The molecule has 0 saturated carbocycles. The topological polar surface area (TPSA) is 12.5 Å². The molecule has 2 nitrogen and oxygen atoms in total. The fourth-order valence-corrected chi connectivity index (χ4v) is 4.09. The molecule has 0 amide bonds. The van der Waals surface area contributed by atoms with Crippen LogP contribution in [0.2, 0.25) is 5.02 Å². The first-order valence-corrected chi connectivity index (χ1v) is 7.80. The number of likely N-dealkylation sites (tertiary alicyclic amines) is 1. The van der Waals surface area contributed by atoms with Crippen molar-refractivity contribution >= 4 is 11.6 Å². The Hall–Kier alpha value is -1.51. The quantitative estimate of drug-likeness (QED) is 0.788. The van der Waals surface area contributed by atoms with Gasteiger partial charge < -0.3 is 9.64 Å². The fourth-order valence-electron chi connectivity index (χ4n) is 3.79. The van der Waals surface area contributed by atoms with Crippen molar-refractivity contribution in [2.24, 2.45) is 0 Å². The first kappa shape index (κ1) is 13.2. The molecule has 3 heteroatoms. The molecule has 0 aliphatic carbocycles. The van der Waals surface area contributed by atoms with Crippen LogP contribution in [-0.2, 0) is 5.60 Å². The van der Waals surface area contributed by atoms with Crippen molar-refractivity contribution in [3.05, 3.63) is 64.7 Å². The Labute approximate surface area is 130 Å². The molecule has 2 aliphatic rings. The Morgan fingerprint density at radius 1 is 1.14 bits per heavy atom. The zero-order valence-corrected chi connectivity index (χ0v) is 12.8. The number of nitrogens with zero attached hydrogens (tertiary/aromatic N) is 1. The van der Waals surface area contributed by atoms with Crippen LogP contribution in [0.15, 0.2) is 48.5 Å². The predicted octanol–water partition coefficient (Wildman–Crippen LogP) is 4.05. The van der Waals surface area contributed by atoms with Crippen LogP contribution in [0.25, 0.3) is 0 Å². The molecule has 1 saturated heterocycles. The van der Waals surface area contributed by atoms with Gasteiger partial charge in [-0.25, -0.2) is 0 Å². The van der Waals surface area contributed by atoms with Crippen LogP contribution in [0.1, 0.15) is 23.5 Å². The van der Waals surface area contributed by atoms with Gasteiger partial charge in [0.05, 0.1) is 0 Å². The highest BCUT2D eigenvalue weighted by Gasteiger charge is 2.52. The maximum Gasteiger partial charge on any atom is 0.145 e. The standard InChI is InChI=1S/C18H18ClNO/c1-20-11-10-18(14-7-3-4-8-16(14)19)15(12-20)13-6-2-5-9-17(13)21-18/h2-9,15H,10-12H2,1H3/t15-,18+/m1/s1. The van der Waals surface area contributed by atoms with Crippen LogP contribution < -0.4 is 4.74 Å². The molecule has 0 aromatic heterocycles. The van der Waals surface area contributed by atoms with Gasteiger partial charge in [-0.05, 0) is 19.2 Å². The van der Waals surface area contributed by atoms with Crippen molar-refractivity contribution in [1.82, 2.24) is 4.90 Å². The zero-order valence-electron chi connectivity index (χ0n) is 12.1. The minimum Gasteiger partial charge on any atom is -0.481 e. The summed E-state index contributed by atoms with van der Waals surface area (Å²) >= 11 is 6.50. The molecule has 108 valence electrons. The summed E-state index contributed by atoms with van der Waals surface area (Å²) in [6.45, 7) is 2.03. The predicted molar refractivity (Wildman–Crippen MR) is 85.1 cm³/mol. The lowest BCUT2D eigenvalue weighted by atomic mass is 9.74. The van der Waals surface area contributed by atoms with Gasteiger partial charge in [-0.15, -0.1) is 0 Å². The van der Waals surface area contributed by atoms with Crippen LogP contribution >= 0.6 is 11.6 Å². The number of hydrogen-bond acceptors (Lipinski definition) is 2. The van der Waals surface area contributed by atoms with Gasteiger partial charge in [0.2, 0.25) is 0 Å². The highest BCUT2D eigenvalue weighted by molar-refractivity contribution is 6.31. The summed E-state index contributed by atoms with van der Waals surface area (Å²) in [5.74, 6) is 1.35. The van der Waals surface area contributed by atoms with Crippen LogP contribution in [0.5, 0.6) is 5.75 Å². The van der Waals surface area contributed by atoms with Crippen molar-refractivity contribution in [3.8, 4) is 5.75 Å². The average molecular weight is 300 g/mol. The summed E-state index contributed by atoms with van der Waals surface area (Å²) in [6, 6.07) is 16.5. The minimum atomic E-state index is -0.311. The van der Waals surface area contributed by atoms with Crippen LogP contribution in [0.3, 0.4) is 0 Å². The molecule has 0 spiro atoms. The van der Waals surface area contributed by atoms with Gasteiger partial charge in [0.1, 0.15) is 11.4 Å². The van der Waals surface area contributed by atoms with Gasteiger partial charge in [-0.2, -0.15) is 0 Å². The van der Waals surface area contributed by atoms with Gasteiger partial charge in [-0.1, -0.05) is 48.0 Å². The van der Waals surface area contributed by atoms with E-state index in [1.165, 1.54) is 5.56 Å². The van der Waals surface area contributed by atoms with E-state index in [1.807, 2.05) is 18.2 Å². The molecule has 0 radical (unpaired) electrons. The number of rotatable bonds is 1. The zero-order chi connectivity index (χ0) is 14.4. The molecule has 2 aromatic carbocycles. The fraction of sp³-hybridized carbons (Fsp3) is 0.333. The number of likely N-dealkylation sites (N-methyl/N-ethyl adjacent to an activating group) is 1. The van der Waals surface area contributed by atoms with Crippen molar-refractivity contribution in [1.29, 1.82) is 0 Å². The summed E-state index contributed by atoms with van der Waals surface area (Å²) in [4.78, 5) is 2.38. The normalized spacial score (nSPS) is 27.8. The molecule has 0 N–H and O–H groups in total. The lowest BCUT2D eigenvalue weighted by Crippen LogP contribution is -2.47. The van der Waals surface area contributed by atoms with E-state index in [0.29, 0.717) is 5.92 Å². The number of piperidine rings is 1. The van der Waals surface area contributed by atoms with E-state index in [9.17, 15) is 0 Å². The number of hydrogen-bond donors (Lipinski definition) is 0. The maximum absolute atomic E-state index is 6.50. The summed E-state index contributed by atoms with van der Waals surface area (Å²) in [5.41, 5.74) is 2.12. The van der Waals surface area contributed by atoms with E-state index in [2.05, 4.69) is 42.3 Å². The Morgan fingerprint density at radius 3 is 2.76 bits per heavy atom. The summed E-state index contributed by atoms with van der Waals surface area (Å²) in [7, 11) is 2.18. The van der Waals surface area contributed by atoms with Crippen molar-refractivity contribution in [3.63, 3.8) is 0 Å². The molecule has 0 unspecified atom stereocenters. The first-order chi connectivity index (χ1) is 10.2. The minimum absolute atomic E-state index is 0.311. The Morgan fingerprint density at radius 2 is 1.90 bits per heavy atom. The molecular weight excluding hydrogens is 282 g/mol. The molecule has 4 rings (SSSR count). The van der Waals surface area contributed by atoms with Crippen LogP contribution in [0, 0.1) is 0 Å². The van der Waals surface area contributed by atoms with Gasteiger partial charge in [-0.3, -0.25) is 0 Å². The third-order valence-corrected chi connectivity index (χ3v) is 5.17. The molecule has 2 aliphatic heterocycles. The first-order valence-electron chi connectivity index (χ1n) is 7.42. The van der Waals surface area contributed by atoms with Crippen molar-refractivity contribution in [2.75, 3.05) is 20.1 Å². The van der Waals surface area contributed by atoms with E-state index in [-0.39, 0.29) is 5.60 Å². The van der Waals surface area contributed by atoms with E-state index >= 15 is 0 Å². The number of fused-ring (bicyclic) bond motifs is 3. The number of benzene rings is 2. The second-order valence-corrected chi connectivity index (χ2v) is 6.48. The Kier molecular flexibility index (Phi) is 2.98. The highest BCUT2D eigenvalue weighted by Crippen LogP contribution is 2.55. The third-order valence-electron chi connectivity index (χ3n) is 4.84. The largest absolute Gasteiger partial charge is 0.481 e. The van der Waals surface area contributed by atoms with Gasteiger partial charge in [0, 0.05) is 41.6 Å². The lowest BCUT2D eigenvalue weighted by molar-refractivity contribution is 0.00711. The van der Waals surface area contributed by atoms with Crippen molar-refractivity contribution in [2.45, 2.75) is 17.9 Å². The monoisotopic (exact) mass is 299 g/mol. The highest BCUT2D eigenvalue weighted by atomic mass is 35.5. The average Bonchev–Trinajstić information content (AvgIpc) is 2.83. The molecule has 2 aromatic rings. The molecule has 2 atom stereocenters. The molecule has 21 heavy (non-hydrogen) atoms. The molecule has 1 fully saturated rings. The van der Waals surface area contributed by atoms with Crippen LogP contribution in [0.4, 0.5) is 0 Å². The van der Waals surface area contributed by atoms with E-state index < -0.39 is 0 Å². The van der Waals surface area contributed by atoms with Gasteiger partial charge in [0.25, 0.3) is 0 Å². The molecule has 0 bridgehead atoms. The third kappa shape index (κ3) is 1.90. The summed E-state index contributed by atoms with van der Waals surface area (Å²) in [5, 5.41) is 0.805. The lowest BCUT2D eigenvalue weighted by Gasteiger charge is -2.42. The van der Waals surface area contributed by atoms with Gasteiger partial charge >= 0.3 is 0 Å². The number of para-hydroxylation sites is 1. The van der Waals surface area contributed by atoms with Gasteiger partial charge in [0.15, 0.2) is 0 Å². The summed E-state index contributed by atoms with van der Waals surface area (Å²) in [6.07, 6.45) is 0.965. The Bertz CT molecular complexity index is 686. The number of halogens is 1. The van der Waals surface area contributed by atoms with E-state index in [1.54, 1.807) is 0 Å². The SMILES string of the molecule is CN1CC[C@@]2(c3ccccc3Cl)Oc3ccccc3[C@H]2C1. The number of ether oxygens (including phenoxy) is 1. The smallest absolute Gasteiger partial charge is 0.145 e. The van der Waals surface area contributed by atoms with E-state index in [0.717, 1.165) is 35.8 Å². The van der Waals surface area contributed by atoms with Crippen molar-refractivity contribution < 1.29 is 4.74 Å². The second-order valence-electron chi connectivity index (χ2n) is 6.07. The van der Waals surface area contributed by atoms with Crippen LogP contribution in [-0.4, -0.2) is 25.0 Å². The maximum atomic E-state index is 6.50.